The number of carbonyl (C=O) groups excluding carboxylic acids is 4. The molecule has 0 aromatic heterocycles. The van der Waals surface area contributed by atoms with Gasteiger partial charge in [0.15, 0.2) is 6.10 Å². The number of benzene rings is 2. The zero-order chi connectivity index (χ0) is 21.3. The summed E-state index contributed by atoms with van der Waals surface area (Å²) in [6.45, 7) is 1.07. The molecule has 154 valence electrons. The molecule has 2 aromatic rings. The summed E-state index contributed by atoms with van der Waals surface area (Å²) in [6.07, 6.45) is 1.76. The third-order valence-corrected chi connectivity index (χ3v) is 5.53. The quantitative estimate of drug-likeness (QED) is 0.608. The highest BCUT2D eigenvalue weighted by Crippen LogP contribution is 2.30. The van der Waals surface area contributed by atoms with E-state index in [1.165, 1.54) is 12.5 Å². The largest absolute Gasteiger partial charge is 0.451 e. The van der Waals surface area contributed by atoms with Gasteiger partial charge in [-0.3, -0.25) is 24.1 Å². The monoisotopic (exact) mass is 406 g/mol. The Morgan fingerprint density at radius 3 is 2.70 bits per heavy atom. The minimum atomic E-state index is -1.02. The van der Waals surface area contributed by atoms with Crippen LogP contribution in [0.15, 0.2) is 48.5 Å². The van der Waals surface area contributed by atoms with Gasteiger partial charge in [0, 0.05) is 0 Å². The third-order valence-electron chi connectivity index (χ3n) is 5.53. The van der Waals surface area contributed by atoms with Crippen molar-refractivity contribution in [3.05, 3.63) is 65.2 Å². The van der Waals surface area contributed by atoms with Crippen molar-refractivity contribution in [3.8, 4) is 0 Å². The lowest BCUT2D eigenvalue weighted by molar-refractivity contribution is -0.154. The molecule has 2 amide bonds. The van der Waals surface area contributed by atoms with Gasteiger partial charge < -0.3 is 10.1 Å². The lowest BCUT2D eigenvalue weighted by atomic mass is 9.87. The molecule has 30 heavy (non-hydrogen) atoms. The van der Waals surface area contributed by atoms with Gasteiger partial charge >= 0.3 is 5.97 Å². The van der Waals surface area contributed by atoms with Crippen molar-refractivity contribution in [1.29, 1.82) is 0 Å². The minimum absolute atomic E-state index is 0.117. The molecule has 0 saturated carbocycles. The van der Waals surface area contributed by atoms with Crippen LogP contribution < -0.4 is 10.2 Å². The van der Waals surface area contributed by atoms with Crippen molar-refractivity contribution >= 4 is 29.3 Å². The van der Waals surface area contributed by atoms with E-state index in [2.05, 4.69) is 11.4 Å². The van der Waals surface area contributed by atoms with E-state index in [4.69, 9.17) is 4.74 Å². The number of hydrogen-bond donors (Lipinski definition) is 1. The molecule has 4 rings (SSSR count). The molecule has 1 aliphatic heterocycles. The average Bonchev–Trinajstić information content (AvgIpc) is 2.99. The number of ether oxygens (including phenoxy) is 1. The normalized spacial score (nSPS) is 18.4. The Morgan fingerprint density at radius 1 is 1.13 bits per heavy atom. The number of nitrogens with zero attached hydrogens (tertiary/aromatic N) is 1. The van der Waals surface area contributed by atoms with Crippen LogP contribution in [0.3, 0.4) is 0 Å². The zero-order valence-corrected chi connectivity index (χ0v) is 16.6. The second-order valence-electron chi connectivity index (χ2n) is 7.52. The fraction of sp³-hybridized carbons (Fsp3) is 0.304. The topological polar surface area (TPSA) is 92.8 Å². The van der Waals surface area contributed by atoms with Gasteiger partial charge in [-0.25, -0.2) is 0 Å². The number of nitrogens with one attached hydrogen (secondary N) is 1. The lowest BCUT2D eigenvalue weighted by Gasteiger charge is -2.27. The zero-order valence-electron chi connectivity index (χ0n) is 16.6. The molecule has 0 unspecified atom stereocenters. The van der Waals surface area contributed by atoms with E-state index in [0.29, 0.717) is 5.69 Å². The molecular formula is C23H22N2O5. The molecule has 1 heterocycles. The summed E-state index contributed by atoms with van der Waals surface area (Å²) in [4.78, 5) is 50.2. The molecule has 2 aliphatic rings. The number of Topliss-reactive ketones (excluding diaryl/α,β-unsaturated/α-hetero) is 1. The van der Waals surface area contributed by atoms with E-state index < -0.39 is 36.2 Å². The molecule has 0 fully saturated rings. The fourth-order valence-electron chi connectivity index (χ4n) is 4.02. The molecule has 0 bridgehead atoms. The summed E-state index contributed by atoms with van der Waals surface area (Å²) < 4.78 is 5.25. The summed E-state index contributed by atoms with van der Waals surface area (Å²) >= 11 is 0. The van der Waals surface area contributed by atoms with Gasteiger partial charge in [0.05, 0.1) is 17.3 Å². The van der Waals surface area contributed by atoms with Crippen LogP contribution in [0.2, 0.25) is 0 Å². The van der Waals surface area contributed by atoms with Crippen LogP contribution in [0.5, 0.6) is 0 Å². The summed E-state index contributed by atoms with van der Waals surface area (Å²) in [7, 11) is 0. The predicted molar refractivity (Wildman–Crippen MR) is 109 cm³/mol. The standard InChI is InChI=1S/C23H22N2O5/c1-14(22(28)24-18-11-6-8-15-7-2-3-9-16(15)18)30-20(26)13-25-19-12-5-4-10-17(19)21(27)23(25)29/h2-5,7,9-10,12,14,18H,6,8,11,13H2,1H3,(H,24,28)/t14-,18+/m1/s1. The molecule has 2 aromatic carbocycles. The first-order valence-electron chi connectivity index (χ1n) is 9.98. The number of hydrogen-bond acceptors (Lipinski definition) is 5. The third kappa shape index (κ3) is 3.70. The maximum atomic E-state index is 12.6. The van der Waals surface area contributed by atoms with Gasteiger partial charge in [-0.2, -0.15) is 0 Å². The van der Waals surface area contributed by atoms with Crippen molar-refractivity contribution < 1.29 is 23.9 Å². The number of anilines is 1. The summed E-state index contributed by atoms with van der Waals surface area (Å²) in [5, 5.41) is 2.95. The van der Waals surface area contributed by atoms with E-state index in [1.807, 2.05) is 18.2 Å². The van der Waals surface area contributed by atoms with Crippen LogP contribution in [-0.4, -0.2) is 36.2 Å². The first kappa shape index (κ1) is 19.8. The SMILES string of the molecule is C[C@@H](OC(=O)CN1C(=O)C(=O)c2ccccc21)C(=O)N[C@H]1CCCc2ccccc21. The highest BCUT2D eigenvalue weighted by Gasteiger charge is 2.37. The average molecular weight is 406 g/mol. The number of ketones is 1. The first-order chi connectivity index (χ1) is 14.5. The first-order valence-corrected chi connectivity index (χ1v) is 9.98. The Hall–Kier alpha value is -3.48. The highest BCUT2D eigenvalue weighted by molar-refractivity contribution is 6.52. The molecule has 0 radical (unpaired) electrons. The molecule has 7 nitrogen and oxygen atoms in total. The van der Waals surface area contributed by atoms with Gasteiger partial charge in [0.2, 0.25) is 0 Å². The molecule has 0 saturated heterocycles. The van der Waals surface area contributed by atoms with Gasteiger partial charge in [-0.05, 0) is 49.4 Å². The van der Waals surface area contributed by atoms with Crippen LogP contribution in [0.25, 0.3) is 0 Å². The number of aryl methyl sites for hydroxylation is 1. The number of rotatable bonds is 5. The van der Waals surface area contributed by atoms with Crippen LogP contribution in [0.1, 0.15) is 47.3 Å². The molecule has 7 heteroatoms. The fourth-order valence-corrected chi connectivity index (χ4v) is 4.02. The van der Waals surface area contributed by atoms with Gasteiger partial charge in [-0.15, -0.1) is 0 Å². The molecular weight excluding hydrogens is 384 g/mol. The number of fused-ring (bicyclic) bond motifs is 2. The number of esters is 1. The van der Waals surface area contributed by atoms with Crippen LogP contribution in [0, 0.1) is 0 Å². The Kier molecular flexibility index (Phi) is 5.35. The van der Waals surface area contributed by atoms with E-state index in [9.17, 15) is 19.2 Å². The van der Waals surface area contributed by atoms with Crippen LogP contribution in [-0.2, 0) is 25.5 Å². The molecule has 1 N–H and O–H groups in total. The predicted octanol–water partition coefficient (Wildman–Crippen LogP) is 2.34. The Bertz CT molecular complexity index is 1030. The number of carbonyl (C=O) groups is 4. The Balaban J connectivity index is 1.37. The maximum Gasteiger partial charge on any atom is 0.326 e. The second kappa shape index (κ2) is 8.10. The lowest BCUT2D eigenvalue weighted by Crippen LogP contribution is -2.41. The Morgan fingerprint density at radius 2 is 1.87 bits per heavy atom. The van der Waals surface area contributed by atoms with Crippen molar-refractivity contribution in [2.45, 2.75) is 38.3 Å². The smallest absolute Gasteiger partial charge is 0.326 e. The maximum absolute atomic E-state index is 12.6. The minimum Gasteiger partial charge on any atom is -0.451 e. The van der Waals surface area contributed by atoms with Crippen molar-refractivity contribution in [3.63, 3.8) is 0 Å². The van der Waals surface area contributed by atoms with E-state index in [-0.39, 0.29) is 11.6 Å². The number of para-hydroxylation sites is 1. The number of amides is 2. The van der Waals surface area contributed by atoms with Crippen molar-refractivity contribution in [2.75, 3.05) is 11.4 Å². The summed E-state index contributed by atoms with van der Waals surface area (Å²) in [6, 6.07) is 14.3. The molecule has 0 spiro atoms. The molecule has 2 atom stereocenters. The van der Waals surface area contributed by atoms with Gasteiger partial charge in [-0.1, -0.05) is 36.4 Å². The van der Waals surface area contributed by atoms with Crippen molar-refractivity contribution in [1.82, 2.24) is 5.32 Å². The Labute approximate surface area is 174 Å². The van der Waals surface area contributed by atoms with E-state index >= 15 is 0 Å². The van der Waals surface area contributed by atoms with E-state index in [0.717, 1.165) is 29.7 Å². The highest BCUT2D eigenvalue weighted by atomic mass is 16.5. The summed E-state index contributed by atoms with van der Waals surface area (Å²) in [5.74, 6) is -2.57. The van der Waals surface area contributed by atoms with Crippen molar-refractivity contribution in [2.24, 2.45) is 0 Å². The summed E-state index contributed by atoms with van der Waals surface area (Å²) in [5.41, 5.74) is 2.94. The van der Waals surface area contributed by atoms with Gasteiger partial charge in [0.1, 0.15) is 6.54 Å². The molecule has 1 aliphatic carbocycles. The van der Waals surface area contributed by atoms with Gasteiger partial charge in [0.25, 0.3) is 17.6 Å². The van der Waals surface area contributed by atoms with Crippen LogP contribution in [0.4, 0.5) is 5.69 Å². The second-order valence-corrected chi connectivity index (χ2v) is 7.52. The van der Waals surface area contributed by atoms with E-state index in [1.54, 1.807) is 24.3 Å². The van der Waals surface area contributed by atoms with Crippen LogP contribution >= 0.6 is 0 Å².